The van der Waals surface area contributed by atoms with Crippen LogP contribution >= 0.6 is 0 Å². The fraction of sp³-hybridized carbons (Fsp3) is 1.00. The molecule has 0 heterocycles. The highest BCUT2D eigenvalue weighted by Crippen LogP contribution is 1.73. The molecular formula is C3H15NSi2. The molecule has 0 aromatic carbocycles. The van der Waals surface area contributed by atoms with E-state index in [1.54, 1.807) is 0 Å². The molecule has 1 nitrogen and oxygen atoms in total. The molecular weight excluding hydrogens is 106 g/mol. The summed E-state index contributed by atoms with van der Waals surface area (Å²) in [6.45, 7) is 2.22. The summed E-state index contributed by atoms with van der Waals surface area (Å²) in [4.78, 5) is 0. The summed E-state index contributed by atoms with van der Waals surface area (Å²) in [6, 6.07) is 1.46. The third-order valence-corrected chi connectivity index (χ3v) is 1.50. The van der Waals surface area contributed by atoms with Gasteiger partial charge in [0.15, 0.2) is 0 Å². The lowest BCUT2D eigenvalue weighted by Gasteiger charge is -1.67. The molecule has 3 heteroatoms. The van der Waals surface area contributed by atoms with Crippen LogP contribution in [-0.4, -0.2) is 20.6 Å². The molecule has 0 unspecified atom stereocenters. The van der Waals surface area contributed by atoms with E-state index >= 15 is 0 Å². The first-order valence-corrected chi connectivity index (χ1v) is 5.06. The lowest BCUT2D eigenvalue weighted by Crippen LogP contribution is -1.75. The van der Waals surface area contributed by atoms with E-state index in [0.29, 0.717) is 0 Å². The summed E-state index contributed by atoms with van der Waals surface area (Å²) >= 11 is 0. The molecule has 0 aromatic heterocycles. The monoisotopic (exact) mass is 121 g/mol. The van der Waals surface area contributed by atoms with Gasteiger partial charge < -0.3 is 5.40 Å². The van der Waals surface area contributed by atoms with Gasteiger partial charge in [-0.25, -0.2) is 0 Å². The molecule has 40 valence electrons. The largest absolute Gasteiger partial charge is 0.358 e. The van der Waals surface area contributed by atoms with Crippen molar-refractivity contribution in [1.29, 1.82) is 0 Å². The van der Waals surface area contributed by atoms with E-state index in [9.17, 15) is 0 Å². The number of hydrogen-bond donors (Lipinski definition) is 1. The summed E-state index contributed by atoms with van der Waals surface area (Å²) in [6.07, 6.45) is 1.38. The first kappa shape index (κ1) is 9.64. The van der Waals surface area contributed by atoms with Crippen LogP contribution in [0.5, 0.6) is 0 Å². The Balaban J connectivity index is 0. The molecule has 0 aliphatic heterocycles. The Morgan fingerprint density at radius 2 is 1.67 bits per heavy atom. The highest BCUT2D eigenvalue weighted by Gasteiger charge is 1.57. The van der Waals surface area contributed by atoms with Crippen LogP contribution in [0, 0.1) is 0 Å². The lowest BCUT2D eigenvalue weighted by atomic mass is 10.6. The maximum atomic E-state index is 4.64. The Bertz CT molecular complexity index is 10.8. The van der Waals surface area contributed by atoms with E-state index in [4.69, 9.17) is 0 Å². The zero-order chi connectivity index (χ0) is 5.41. The lowest BCUT2D eigenvalue weighted by molar-refractivity contribution is 1.08. The van der Waals surface area contributed by atoms with Gasteiger partial charge in [0.25, 0.3) is 0 Å². The van der Waals surface area contributed by atoms with E-state index < -0.39 is 0 Å². The van der Waals surface area contributed by atoms with Crippen molar-refractivity contribution in [2.24, 2.45) is 5.40 Å². The molecule has 0 fully saturated rings. The van der Waals surface area contributed by atoms with Gasteiger partial charge in [-0.15, -0.1) is 0 Å². The molecule has 0 spiro atoms. The summed E-state index contributed by atoms with van der Waals surface area (Å²) in [5.74, 6) is 0. The van der Waals surface area contributed by atoms with E-state index in [1.165, 1.54) is 22.7 Å². The predicted molar refractivity (Wildman–Crippen MR) is 39.2 cm³/mol. The molecule has 6 heavy (non-hydrogen) atoms. The second-order valence-electron chi connectivity index (χ2n) is 1.000. The maximum absolute atomic E-state index is 4.64. The molecule has 0 rings (SSSR count). The Hall–Kier alpha value is 0.394. The van der Waals surface area contributed by atoms with Crippen molar-refractivity contribution in [3.8, 4) is 0 Å². The normalized spacial score (nSPS) is 7.00. The van der Waals surface area contributed by atoms with E-state index in [2.05, 4.69) is 12.3 Å². The topological polar surface area (TPSA) is 26.0 Å². The van der Waals surface area contributed by atoms with Gasteiger partial charge in [-0.2, -0.15) is 0 Å². The van der Waals surface area contributed by atoms with Crippen LogP contribution in [-0.2, 0) is 0 Å². The van der Waals surface area contributed by atoms with E-state index in [-0.39, 0.29) is 0 Å². The van der Waals surface area contributed by atoms with Crippen LogP contribution in [0.25, 0.3) is 0 Å². The summed E-state index contributed by atoms with van der Waals surface area (Å²) in [5, 5.41) is 4.64. The van der Waals surface area contributed by atoms with E-state index in [0.717, 1.165) is 10.4 Å². The van der Waals surface area contributed by atoms with Gasteiger partial charge in [-0.1, -0.05) is 19.4 Å². The molecule has 2 N–H and O–H groups in total. The molecule has 0 aromatic rings. The van der Waals surface area contributed by atoms with Crippen LogP contribution in [0.2, 0.25) is 6.04 Å². The SMILES string of the molecule is CCC[SiH3].N[SiH3]. The second kappa shape index (κ2) is 18.2. The van der Waals surface area contributed by atoms with Crippen LogP contribution in [0.1, 0.15) is 13.3 Å². The van der Waals surface area contributed by atoms with Crippen LogP contribution < -0.4 is 5.40 Å². The van der Waals surface area contributed by atoms with Crippen LogP contribution in [0.4, 0.5) is 0 Å². The Kier molecular flexibility index (Phi) is 29.2. The third-order valence-electron chi connectivity index (χ3n) is 0.500. The molecule has 0 atom stereocenters. The minimum Gasteiger partial charge on any atom is -0.358 e. The molecule has 0 saturated heterocycles. The smallest absolute Gasteiger partial charge is 0.0716 e. The Morgan fingerprint density at radius 1 is 1.50 bits per heavy atom. The van der Waals surface area contributed by atoms with Crippen molar-refractivity contribution >= 4 is 20.6 Å². The minimum atomic E-state index is 0.806. The Morgan fingerprint density at radius 3 is 1.67 bits per heavy atom. The highest BCUT2D eigenvalue weighted by atomic mass is 28.2. The molecule has 0 bridgehead atoms. The van der Waals surface area contributed by atoms with Crippen molar-refractivity contribution in [2.45, 2.75) is 19.4 Å². The average Bonchev–Trinajstić information content (AvgIpc) is 1.72. The maximum Gasteiger partial charge on any atom is 0.0716 e. The number of rotatable bonds is 1. The van der Waals surface area contributed by atoms with Crippen LogP contribution in [0.3, 0.4) is 0 Å². The molecule has 0 amide bonds. The quantitative estimate of drug-likeness (QED) is 0.416. The zero-order valence-corrected chi connectivity index (χ0v) is 8.99. The highest BCUT2D eigenvalue weighted by molar-refractivity contribution is 6.08. The summed E-state index contributed by atoms with van der Waals surface area (Å²) in [5.41, 5.74) is 0. The van der Waals surface area contributed by atoms with Crippen molar-refractivity contribution in [1.82, 2.24) is 0 Å². The van der Waals surface area contributed by atoms with E-state index in [1.807, 2.05) is 0 Å². The van der Waals surface area contributed by atoms with Gasteiger partial charge in [0, 0.05) is 10.2 Å². The second-order valence-corrected chi connectivity index (χ2v) is 2.00. The van der Waals surface area contributed by atoms with Gasteiger partial charge in [0.1, 0.15) is 0 Å². The van der Waals surface area contributed by atoms with Gasteiger partial charge in [-0.05, 0) is 0 Å². The van der Waals surface area contributed by atoms with Gasteiger partial charge in [0.05, 0.1) is 10.4 Å². The van der Waals surface area contributed by atoms with Crippen molar-refractivity contribution in [3.05, 3.63) is 0 Å². The summed E-state index contributed by atoms with van der Waals surface area (Å²) < 4.78 is 0. The zero-order valence-electron chi connectivity index (χ0n) is 4.99. The number of hydrogen-bond acceptors (Lipinski definition) is 1. The van der Waals surface area contributed by atoms with Gasteiger partial charge in [-0.3, -0.25) is 0 Å². The summed E-state index contributed by atoms with van der Waals surface area (Å²) in [7, 11) is 2.20. The molecule has 0 aliphatic rings. The molecule has 0 saturated carbocycles. The van der Waals surface area contributed by atoms with Crippen LogP contribution in [0.15, 0.2) is 0 Å². The Labute approximate surface area is 46.2 Å². The van der Waals surface area contributed by atoms with Gasteiger partial charge in [0.2, 0.25) is 0 Å². The van der Waals surface area contributed by atoms with Gasteiger partial charge >= 0.3 is 0 Å². The fourth-order valence-corrected chi connectivity index (χ4v) is 0. The average molecular weight is 121 g/mol. The third kappa shape index (κ3) is 26.1. The predicted octanol–water partition coefficient (Wildman–Crippen LogP) is -1.59. The first-order valence-electron chi connectivity index (χ1n) is 2.49. The first-order chi connectivity index (χ1) is 2.91. The molecule has 0 radical (unpaired) electrons. The van der Waals surface area contributed by atoms with Crippen molar-refractivity contribution in [3.63, 3.8) is 0 Å². The number of nitrogens with two attached hydrogens (primary N) is 1. The van der Waals surface area contributed by atoms with Crippen molar-refractivity contribution in [2.75, 3.05) is 0 Å². The van der Waals surface area contributed by atoms with Crippen molar-refractivity contribution < 1.29 is 0 Å². The minimum absolute atomic E-state index is 0.806. The standard InChI is InChI=1S/C3H10Si.H5NSi/c1-2-3-4;1-2/h2-3H2,1,4H3;1H2,2H3. The molecule has 0 aliphatic carbocycles. The fourth-order valence-electron chi connectivity index (χ4n) is 0.